The third kappa shape index (κ3) is 4.79. The first kappa shape index (κ1) is 22.1. The highest BCUT2D eigenvalue weighted by Crippen LogP contribution is 2.37. The Kier molecular flexibility index (Phi) is 7.75. The number of hydrogen-bond donors (Lipinski definition) is 0. The molecule has 1 aromatic heterocycles. The molecule has 6 heteroatoms. The third-order valence-corrected chi connectivity index (χ3v) is 5.79. The maximum Gasteiger partial charge on any atom is 0.312 e. The number of likely N-dealkylation sites (tertiary alicyclic amines) is 1. The van der Waals surface area contributed by atoms with E-state index in [1.54, 1.807) is 12.5 Å². The van der Waals surface area contributed by atoms with E-state index in [1.807, 2.05) is 18.5 Å². The molecule has 0 saturated carbocycles. The fourth-order valence-electron chi connectivity index (χ4n) is 3.83. The highest BCUT2D eigenvalue weighted by atomic mass is 16.5. The minimum atomic E-state index is -0.748. The number of imidazole rings is 1. The number of rotatable bonds is 8. The predicted molar refractivity (Wildman–Crippen MR) is 110 cm³/mol. The molecule has 154 valence electrons. The predicted octanol–water partition coefficient (Wildman–Crippen LogP) is 3.81. The molecule has 1 fully saturated rings. The van der Waals surface area contributed by atoms with Crippen LogP contribution in [0.2, 0.25) is 0 Å². The maximum absolute atomic E-state index is 13.2. The second kappa shape index (κ2) is 9.82. The highest BCUT2D eigenvalue weighted by molar-refractivity contribution is 5.97. The molecular weight excluding hydrogens is 354 g/mol. The summed E-state index contributed by atoms with van der Waals surface area (Å²) in [5.41, 5.74) is 0.914. The van der Waals surface area contributed by atoms with Crippen LogP contribution in [0.5, 0.6) is 0 Å². The quantitative estimate of drug-likeness (QED) is 0.385. The third-order valence-electron chi connectivity index (χ3n) is 5.79. The molecule has 0 amide bonds. The van der Waals surface area contributed by atoms with Gasteiger partial charge in [-0.1, -0.05) is 25.2 Å². The summed E-state index contributed by atoms with van der Waals surface area (Å²) >= 11 is 0. The van der Waals surface area contributed by atoms with Gasteiger partial charge in [0.25, 0.3) is 0 Å². The van der Waals surface area contributed by atoms with Crippen LogP contribution in [-0.4, -0.2) is 53.5 Å². The second-order valence-corrected chi connectivity index (χ2v) is 7.64. The fraction of sp³-hybridized carbons (Fsp3) is 0.591. The summed E-state index contributed by atoms with van der Waals surface area (Å²) < 4.78 is 6.97. The SMILES string of the molecule is C/C=C(\C=C/CC)C(C)n1cncc1C(=O)CC1(C(=O)OC)CCN(C)CC1. The van der Waals surface area contributed by atoms with Gasteiger partial charge in [-0.25, -0.2) is 4.98 Å². The summed E-state index contributed by atoms with van der Waals surface area (Å²) in [5.74, 6) is -0.345. The van der Waals surface area contributed by atoms with Crippen LogP contribution in [0.1, 0.15) is 63.0 Å². The molecule has 0 spiro atoms. The van der Waals surface area contributed by atoms with E-state index in [0.717, 1.165) is 25.1 Å². The number of nitrogens with zero attached hydrogens (tertiary/aromatic N) is 3. The number of Topliss-reactive ketones (excluding diaryl/α,β-unsaturated/α-hetero) is 1. The summed E-state index contributed by atoms with van der Waals surface area (Å²) in [6, 6.07) is -0.0131. The first-order valence-electron chi connectivity index (χ1n) is 10.0. The van der Waals surface area contributed by atoms with E-state index in [0.29, 0.717) is 18.5 Å². The number of hydrogen-bond acceptors (Lipinski definition) is 5. The Labute approximate surface area is 168 Å². The Morgan fingerprint density at radius 1 is 1.36 bits per heavy atom. The molecule has 2 rings (SSSR count). The molecule has 0 bridgehead atoms. The number of aromatic nitrogens is 2. The van der Waals surface area contributed by atoms with Gasteiger partial charge in [0.05, 0.1) is 31.1 Å². The van der Waals surface area contributed by atoms with Crippen LogP contribution in [0.25, 0.3) is 0 Å². The van der Waals surface area contributed by atoms with E-state index in [4.69, 9.17) is 4.74 Å². The summed E-state index contributed by atoms with van der Waals surface area (Å²) in [7, 11) is 3.43. The van der Waals surface area contributed by atoms with Gasteiger partial charge in [-0.05, 0) is 58.8 Å². The van der Waals surface area contributed by atoms with Gasteiger partial charge in [-0.2, -0.15) is 0 Å². The van der Waals surface area contributed by atoms with E-state index in [9.17, 15) is 9.59 Å². The molecule has 1 aromatic rings. The monoisotopic (exact) mass is 387 g/mol. The molecular formula is C22H33N3O3. The lowest BCUT2D eigenvalue weighted by molar-refractivity contribution is -0.155. The summed E-state index contributed by atoms with van der Waals surface area (Å²) in [6.07, 6.45) is 11.9. The second-order valence-electron chi connectivity index (χ2n) is 7.64. The number of carbonyl (C=O) groups excluding carboxylic acids is 2. The number of piperidine rings is 1. The average Bonchev–Trinajstić information content (AvgIpc) is 3.19. The van der Waals surface area contributed by atoms with Crippen LogP contribution in [0.4, 0.5) is 0 Å². The van der Waals surface area contributed by atoms with E-state index in [2.05, 4.69) is 42.0 Å². The van der Waals surface area contributed by atoms with Gasteiger partial charge in [0.15, 0.2) is 5.78 Å². The van der Waals surface area contributed by atoms with Crippen molar-refractivity contribution in [3.8, 4) is 0 Å². The van der Waals surface area contributed by atoms with Crippen molar-refractivity contribution in [3.63, 3.8) is 0 Å². The summed E-state index contributed by atoms with van der Waals surface area (Å²) in [5, 5.41) is 0. The zero-order chi connectivity index (χ0) is 20.7. The van der Waals surface area contributed by atoms with Crippen molar-refractivity contribution in [1.29, 1.82) is 0 Å². The number of esters is 1. The number of allylic oxidation sites excluding steroid dienone is 4. The minimum Gasteiger partial charge on any atom is -0.469 e. The molecule has 1 aliphatic rings. The van der Waals surface area contributed by atoms with Crippen LogP contribution >= 0.6 is 0 Å². The molecule has 1 unspecified atom stereocenters. The lowest BCUT2D eigenvalue weighted by Crippen LogP contribution is -2.45. The molecule has 6 nitrogen and oxygen atoms in total. The maximum atomic E-state index is 13.2. The Bertz CT molecular complexity index is 740. The zero-order valence-corrected chi connectivity index (χ0v) is 17.8. The average molecular weight is 388 g/mol. The minimum absolute atomic E-state index is 0.0131. The molecule has 1 atom stereocenters. The standard InChI is InChI=1S/C22H33N3O3/c1-6-8-9-18(7-2)17(3)25-16-23-15-19(25)20(26)14-22(21(27)28-5)10-12-24(4)13-11-22/h7-9,15-17H,6,10-14H2,1-5H3/b9-8-,18-7+. The Morgan fingerprint density at radius 3 is 2.61 bits per heavy atom. The molecule has 0 aliphatic carbocycles. The Balaban J connectivity index is 2.26. The largest absolute Gasteiger partial charge is 0.469 e. The Hall–Kier alpha value is -2.21. The van der Waals surface area contributed by atoms with Crippen molar-refractivity contribution in [2.45, 2.75) is 52.5 Å². The van der Waals surface area contributed by atoms with E-state index < -0.39 is 5.41 Å². The van der Waals surface area contributed by atoms with Crippen molar-refractivity contribution in [2.24, 2.45) is 5.41 Å². The first-order chi connectivity index (χ1) is 13.4. The van der Waals surface area contributed by atoms with Gasteiger partial charge >= 0.3 is 5.97 Å². The van der Waals surface area contributed by atoms with Crippen LogP contribution < -0.4 is 0 Å². The van der Waals surface area contributed by atoms with Crippen LogP contribution in [0.3, 0.4) is 0 Å². The summed E-state index contributed by atoms with van der Waals surface area (Å²) in [6.45, 7) is 7.70. The van der Waals surface area contributed by atoms with E-state index in [-0.39, 0.29) is 24.2 Å². The van der Waals surface area contributed by atoms with Crippen LogP contribution in [0.15, 0.2) is 36.3 Å². The molecule has 0 aromatic carbocycles. The van der Waals surface area contributed by atoms with Crippen molar-refractivity contribution >= 4 is 11.8 Å². The lowest BCUT2D eigenvalue weighted by Gasteiger charge is -2.37. The normalized spacial score (nSPS) is 19.0. The van der Waals surface area contributed by atoms with Crippen LogP contribution in [-0.2, 0) is 9.53 Å². The van der Waals surface area contributed by atoms with E-state index in [1.165, 1.54) is 7.11 Å². The molecule has 0 radical (unpaired) electrons. The molecule has 1 aliphatic heterocycles. The molecule has 1 saturated heterocycles. The van der Waals surface area contributed by atoms with Gasteiger partial charge < -0.3 is 14.2 Å². The van der Waals surface area contributed by atoms with Gasteiger partial charge in [-0.15, -0.1) is 0 Å². The van der Waals surface area contributed by atoms with Crippen molar-refractivity contribution in [2.75, 3.05) is 27.2 Å². The molecule has 2 heterocycles. The molecule has 0 N–H and O–H groups in total. The van der Waals surface area contributed by atoms with Gasteiger partial charge in [-0.3, -0.25) is 9.59 Å². The topological polar surface area (TPSA) is 64.4 Å². The molecule has 28 heavy (non-hydrogen) atoms. The van der Waals surface area contributed by atoms with Crippen LogP contribution in [0, 0.1) is 5.41 Å². The Morgan fingerprint density at radius 2 is 2.04 bits per heavy atom. The number of ketones is 1. The van der Waals surface area contributed by atoms with Crippen molar-refractivity contribution < 1.29 is 14.3 Å². The van der Waals surface area contributed by atoms with Crippen molar-refractivity contribution in [3.05, 3.63) is 42.0 Å². The number of methoxy groups -OCH3 is 1. The lowest BCUT2D eigenvalue weighted by atomic mass is 9.74. The van der Waals surface area contributed by atoms with Gasteiger partial charge in [0.2, 0.25) is 0 Å². The highest BCUT2D eigenvalue weighted by Gasteiger charge is 2.44. The van der Waals surface area contributed by atoms with Gasteiger partial charge in [0, 0.05) is 6.42 Å². The smallest absolute Gasteiger partial charge is 0.312 e. The first-order valence-corrected chi connectivity index (χ1v) is 10.0. The van der Waals surface area contributed by atoms with Crippen molar-refractivity contribution in [1.82, 2.24) is 14.5 Å². The fourth-order valence-corrected chi connectivity index (χ4v) is 3.83. The van der Waals surface area contributed by atoms with E-state index >= 15 is 0 Å². The zero-order valence-electron chi connectivity index (χ0n) is 17.8. The number of ether oxygens (including phenoxy) is 1. The summed E-state index contributed by atoms with van der Waals surface area (Å²) in [4.78, 5) is 32.2. The number of carbonyl (C=O) groups is 2. The van der Waals surface area contributed by atoms with Gasteiger partial charge in [0.1, 0.15) is 5.69 Å².